The van der Waals surface area contributed by atoms with E-state index >= 15 is 0 Å². The summed E-state index contributed by atoms with van der Waals surface area (Å²) in [5, 5.41) is 2.93. The van der Waals surface area contributed by atoms with Crippen molar-refractivity contribution in [1.29, 1.82) is 0 Å². The molecule has 68 valence electrons. The fraction of sp³-hybridized carbons (Fsp3) is 0.556. The van der Waals surface area contributed by atoms with Crippen LogP contribution in [0.1, 0.15) is 25.7 Å². The van der Waals surface area contributed by atoms with E-state index in [0.29, 0.717) is 5.69 Å². The van der Waals surface area contributed by atoms with Crippen molar-refractivity contribution in [3.63, 3.8) is 0 Å². The van der Waals surface area contributed by atoms with Crippen molar-refractivity contribution in [1.82, 2.24) is 10.3 Å². The van der Waals surface area contributed by atoms with Gasteiger partial charge in [0.25, 0.3) is 0 Å². The second kappa shape index (κ2) is 3.27. The standard InChI is InChI=1S/C9H15FN2/c1-9(2,11-3)8(10)7-5-4-6-12-7/h4-6,8,11-12H,1-3H3. The van der Waals surface area contributed by atoms with E-state index in [1.165, 1.54) is 0 Å². The lowest BCUT2D eigenvalue weighted by Gasteiger charge is -2.27. The molecule has 1 rings (SSSR count). The third-order valence-corrected chi connectivity index (χ3v) is 2.17. The zero-order valence-corrected chi connectivity index (χ0v) is 7.69. The molecule has 2 N–H and O–H groups in total. The lowest BCUT2D eigenvalue weighted by molar-refractivity contribution is 0.187. The average Bonchev–Trinajstić information content (AvgIpc) is 2.55. The molecule has 1 atom stereocenters. The SMILES string of the molecule is CNC(C)(C)C(F)c1ccc[nH]1. The fourth-order valence-electron chi connectivity index (χ4n) is 1.02. The van der Waals surface area contributed by atoms with Crippen molar-refractivity contribution in [2.45, 2.75) is 25.6 Å². The van der Waals surface area contributed by atoms with Gasteiger partial charge >= 0.3 is 0 Å². The number of halogens is 1. The van der Waals surface area contributed by atoms with Gasteiger partial charge in [0, 0.05) is 11.7 Å². The Morgan fingerprint density at radius 3 is 2.67 bits per heavy atom. The molecule has 0 saturated heterocycles. The molecule has 3 heteroatoms. The molecule has 1 aromatic rings. The Balaban J connectivity index is 2.78. The number of alkyl halides is 1. The fourth-order valence-corrected chi connectivity index (χ4v) is 1.02. The molecule has 1 unspecified atom stereocenters. The summed E-state index contributed by atoms with van der Waals surface area (Å²) in [4.78, 5) is 2.86. The molecule has 1 aromatic heterocycles. The maximum absolute atomic E-state index is 13.7. The molecule has 1 heterocycles. The average molecular weight is 170 g/mol. The third kappa shape index (κ3) is 1.67. The summed E-state index contributed by atoms with van der Waals surface area (Å²) in [5.74, 6) is 0. The van der Waals surface area contributed by atoms with Gasteiger partial charge in [-0.15, -0.1) is 0 Å². The van der Waals surface area contributed by atoms with Crippen molar-refractivity contribution in [3.05, 3.63) is 24.0 Å². The molecule has 0 aliphatic heterocycles. The van der Waals surface area contributed by atoms with Crippen LogP contribution in [0, 0.1) is 0 Å². The zero-order chi connectivity index (χ0) is 9.19. The first kappa shape index (κ1) is 9.26. The van der Waals surface area contributed by atoms with Gasteiger partial charge in [0.05, 0.1) is 5.69 Å². The van der Waals surface area contributed by atoms with Gasteiger partial charge in [0.15, 0.2) is 6.17 Å². The Kier molecular flexibility index (Phi) is 2.52. The number of likely N-dealkylation sites (N-methyl/N-ethyl adjacent to an activating group) is 1. The predicted octanol–water partition coefficient (Wildman–Crippen LogP) is 2.02. The quantitative estimate of drug-likeness (QED) is 0.713. The largest absolute Gasteiger partial charge is 0.363 e. The normalized spacial score (nSPS) is 14.7. The van der Waals surface area contributed by atoms with Crippen LogP contribution in [0.2, 0.25) is 0 Å². The first-order valence-electron chi connectivity index (χ1n) is 4.04. The lowest BCUT2D eigenvalue weighted by atomic mass is 9.97. The number of H-pyrrole nitrogens is 1. The van der Waals surface area contributed by atoms with Crippen molar-refractivity contribution >= 4 is 0 Å². The smallest absolute Gasteiger partial charge is 0.157 e. The van der Waals surface area contributed by atoms with Crippen LogP contribution in [0.3, 0.4) is 0 Å². The van der Waals surface area contributed by atoms with E-state index in [9.17, 15) is 4.39 Å². The van der Waals surface area contributed by atoms with Gasteiger partial charge in [-0.25, -0.2) is 4.39 Å². The summed E-state index contributed by atoms with van der Waals surface area (Å²) in [6.45, 7) is 3.66. The second-order valence-corrected chi connectivity index (χ2v) is 3.46. The van der Waals surface area contributed by atoms with E-state index in [2.05, 4.69) is 10.3 Å². The number of nitrogens with one attached hydrogen (secondary N) is 2. The van der Waals surface area contributed by atoms with Gasteiger partial charge in [-0.1, -0.05) is 0 Å². The molecule has 0 bridgehead atoms. The summed E-state index contributed by atoms with van der Waals surface area (Å²) in [6.07, 6.45) is 0.728. The van der Waals surface area contributed by atoms with Gasteiger partial charge in [-0.05, 0) is 33.0 Å². The van der Waals surface area contributed by atoms with Crippen LogP contribution in [0.4, 0.5) is 4.39 Å². The molecular weight excluding hydrogens is 155 g/mol. The third-order valence-electron chi connectivity index (χ3n) is 2.17. The van der Waals surface area contributed by atoms with E-state index < -0.39 is 11.7 Å². The highest BCUT2D eigenvalue weighted by molar-refractivity contribution is 5.11. The lowest BCUT2D eigenvalue weighted by Crippen LogP contribution is -2.40. The van der Waals surface area contributed by atoms with Crippen LogP contribution in [-0.4, -0.2) is 17.6 Å². The topological polar surface area (TPSA) is 27.8 Å². The Morgan fingerprint density at radius 2 is 2.25 bits per heavy atom. The minimum absolute atomic E-state index is 0.523. The predicted molar refractivity (Wildman–Crippen MR) is 47.8 cm³/mol. The molecule has 2 nitrogen and oxygen atoms in total. The van der Waals surface area contributed by atoms with Crippen molar-refractivity contribution in [2.24, 2.45) is 0 Å². The molecule has 0 saturated carbocycles. The van der Waals surface area contributed by atoms with Crippen LogP contribution >= 0.6 is 0 Å². The Bertz CT molecular complexity index is 229. The van der Waals surface area contributed by atoms with Crippen LogP contribution in [0.5, 0.6) is 0 Å². The van der Waals surface area contributed by atoms with Crippen molar-refractivity contribution < 1.29 is 4.39 Å². The summed E-state index contributed by atoms with van der Waals surface area (Å²) in [7, 11) is 1.76. The minimum atomic E-state index is -1.00. The summed E-state index contributed by atoms with van der Waals surface area (Å²) >= 11 is 0. The zero-order valence-electron chi connectivity index (χ0n) is 7.69. The molecule has 0 amide bonds. The van der Waals surface area contributed by atoms with Crippen molar-refractivity contribution in [3.8, 4) is 0 Å². The Hall–Kier alpha value is -0.830. The van der Waals surface area contributed by atoms with Gasteiger partial charge in [0.2, 0.25) is 0 Å². The van der Waals surface area contributed by atoms with E-state index in [1.807, 2.05) is 13.8 Å². The van der Waals surface area contributed by atoms with Crippen molar-refractivity contribution in [2.75, 3.05) is 7.05 Å². The molecule has 0 aliphatic rings. The van der Waals surface area contributed by atoms with Crippen LogP contribution in [0.25, 0.3) is 0 Å². The molecule has 0 spiro atoms. The molecule has 0 aromatic carbocycles. The second-order valence-electron chi connectivity index (χ2n) is 3.46. The summed E-state index contributed by atoms with van der Waals surface area (Å²) in [5.41, 5.74) is 0.0968. The molecule has 0 fully saturated rings. The van der Waals surface area contributed by atoms with Gasteiger partial charge in [-0.2, -0.15) is 0 Å². The highest BCUT2D eigenvalue weighted by Gasteiger charge is 2.29. The van der Waals surface area contributed by atoms with E-state index in [-0.39, 0.29) is 0 Å². The summed E-state index contributed by atoms with van der Waals surface area (Å²) < 4.78 is 13.7. The number of hydrogen-bond acceptors (Lipinski definition) is 1. The number of hydrogen-bond donors (Lipinski definition) is 2. The highest BCUT2D eigenvalue weighted by atomic mass is 19.1. The number of aromatic nitrogens is 1. The summed E-state index contributed by atoms with van der Waals surface area (Å²) in [6, 6.07) is 3.55. The van der Waals surface area contributed by atoms with Gasteiger partial charge < -0.3 is 10.3 Å². The van der Waals surface area contributed by atoms with Crippen LogP contribution < -0.4 is 5.32 Å². The highest BCUT2D eigenvalue weighted by Crippen LogP contribution is 2.27. The number of rotatable bonds is 3. The monoisotopic (exact) mass is 170 g/mol. The van der Waals surface area contributed by atoms with E-state index in [1.54, 1.807) is 25.4 Å². The first-order valence-corrected chi connectivity index (χ1v) is 4.04. The van der Waals surface area contributed by atoms with Crippen LogP contribution in [-0.2, 0) is 0 Å². The Morgan fingerprint density at radius 1 is 1.58 bits per heavy atom. The molecule has 12 heavy (non-hydrogen) atoms. The first-order chi connectivity index (χ1) is 5.58. The van der Waals surface area contributed by atoms with Gasteiger partial charge in [-0.3, -0.25) is 0 Å². The molecule has 0 aliphatic carbocycles. The van der Waals surface area contributed by atoms with Crippen LogP contribution in [0.15, 0.2) is 18.3 Å². The minimum Gasteiger partial charge on any atom is -0.363 e. The molecular formula is C9H15FN2. The maximum Gasteiger partial charge on any atom is 0.157 e. The van der Waals surface area contributed by atoms with E-state index in [4.69, 9.17) is 0 Å². The molecule has 0 radical (unpaired) electrons. The Labute approximate surface area is 72.2 Å². The maximum atomic E-state index is 13.7. The van der Waals surface area contributed by atoms with E-state index in [0.717, 1.165) is 0 Å². The number of aromatic amines is 1. The van der Waals surface area contributed by atoms with Gasteiger partial charge in [0.1, 0.15) is 0 Å².